The third kappa shape index (κ3) is 2.12. The monoisotopic (exact) mass is 164 g/mol. The van der Waals surface area contributed by atoms with Crippen LogP contribution in [0.2, 0.25) is 0 Å². The molecule has 1 aliphatic rings. The predicted octanol–water partition coefficient (Wildman–Crippen LogP) is 2.05. The van der Waals surface area contributed by atoms with E-state index < -0.39 is 5.92 Å². The van der Waals surface area contributed by atoms with E-state index in [2.05, 4.69) is 0 Å². The van der Waals surface area contributed by atoms with Crippen molar-refractivity contribution in [2.45, 2.75) is 32.1 Å². The zero-order chi connectivity index (χ0) is 8.48. The quantitative estimate of drug-likeness (QED) is 0.662. The highest BCUT2D eigenvalue weighted by atomic mass is 19.3. The maximum Gasteiger partial charge on any atom is 0.248 e. The molecule has 1 aliphatic carbocycles. The SMILES string of the molecule is CC(CO)C1CCC(F)(F)C1. The van der Waals surface area contributed by atoms with Crippen molar-refractivity contribution in [1.29, 1.82) is 0 Å². The van der Waals surface area contributed by atoms with E-state index in [-0.39, 0.29) is 31.3 Å². The third-order valence-corrected chi connectivity index (χ3v) is 2.53. The molecule has 3 heteroatoms. The molecule has 0 aromatic heterocycles. The van der Waals surface area contributed by atoms with Crippen LogP contribution >= 0.6 is 0 Å². The second-order valence-electron chi connectivity index (χ2n) is 3.52. The van der Waals surface area contributed by atoms with Crippen molar-refractivity contribution in [1.82, 2.24) is 0 Å². The van der Waals surface area contributed by atoms with Crippen LogP contribution in [0.15, 0.2) is 0 Å². The number of alkyl halides is 2. The molecule has 2 unspecified atom stereocenters. The summed E-state index contributed by atoms with van der Waals surface area (Å²) in [6.07, 6.45) is 0.533. The third-order valence-electron chi connectivity index (χ3n) is 2.53. The van der Waals surface area contributed by atoms with Crippen molar-refractivity contribution in [3.63, 3.8) is 0 Å². The van der Waals surface area contributed by atoms with Crippen molar-refractivity contribution in [3.8, 4) is 0 Å². The largest absolute Gasteiger partial charge is 0.396 e. The molecule has 0 amide bonds. The second-order valence-corrected chi connectivity index (χ2v) is 3.52. The van der Waals surface area contributed by atoms with Gasteiger partial charge in [0, 0.05) is 19.4 Å². The van der Waals surface area contributed by atoms with Crippen molar-refractivity contribution in [2.24, 2.45) is 11.8 Å². The lowest BCUT2D eigenvalue weighted by atomic mass is 9.93. The van der Waals surface area contributed by atoms with Crippen LogP contribution in [0.3, 0.4) is 0 Å². The molecule has 11 heavy (non-hydrogen) atoms. The first-order valence-electron chi connectivity index (χ1n) is 4.04. The Balaban J connectivity index is 2.41. The Morgan fingerprint density at radius 3 is 2.64 bits per heavy atom. The zero-order valence-electron chi connectivity index (χ0n) is 6.69. The van der Waals surface area contributed by atoms with Gasteiger partial charge in [-0.3, -0.25) is 0 Å². The minimum absolute atomic E-state index is 0.00199. The fraction of sp³-hybridized carbons (Fsp3) is 1.00. The Hall–Kier alpha value is -0.180. The molecular formula is C8H14F2O. The summed E-state index contributed by atoms with van der Waals surface area (Å²) in [4.78, 5) is 0. The van der Waals surface area contributed by atoms with Crippen molar-refractivity contribution >= 4 is 0 Å². The summed E-state index contributed by atoms with van der Waals surface area (Å²) < 4.78 is 25.2. The van der Waals surface area contributed by atoms with Gasteiger partial charge in [0.15, 0.2) is 0 Å². The summed E-state index contributed by atoms with van der Waals surface area (Å²) in [5.74, 6) is -2.41. The highest BCUT2D eigenvalue weighted by Crippen LogP contribution is 2.41. The van der Waals surface area contributed by atoms with E-state index in [9.17, 15) is 8.78 Å². The van der Waals surface area contributed by atoms with Crippen LogP contribution in [0.25, 0.3) is 0 Å². The highest BCUT2D eigenvalue weighted by Gasteiger charge is 2.40. The number of rotatable bonds is 2. The van der Waals surface area contributed by atoms with Gasteiger partial charge in [0.1, 0.15) is 0 Å². The Morgan fingerprint density at radius 2 is 2.27 bits per heavy atom. The molecule has 0 radical (unpaired) electrons. The van der Waals surface area contributed by atoms with Gasteiger partial charge >= 0.3 is 0 Å². The number of hydrogen-bond acceptors (Lipinski definition) is 1. The van der Waals surface area contributed by atoms with E-state index in [1.54, 1.807) is 0 Å². The van der Waals surface area contributed by atoms with E-state index in [0.29, 0.717) is 6.42 Å². The van der Waals surface area contributed by atoms with Crippen LogP contribution in [0, 0.1) is 11.8 Å². The molecule has 66 valence electrons. The van der Waals surface area contributed by atoms with E-state index in [1.165, 1.54) is 0 Å². The molecule has 1 saturated carbocycles. The van der Waals surface area contributed by atoms with Crippen LogP contribution in [-0.2, 0) is 0 Å². The highest BCUT2D eigenvalue weighted by molar-refractivity contribution is 4.83. The van der Waals surface area contributed by atoms with Gasteiger partial charge < -0.3 is 5.11 Å². The molecule has 0 bridgehead atoms. The van der Waals surface area contributed by atoms with Crippen LogP contribution in [0.1, 0.15) is 26.2 Å². The topological polar surface area (TPSA) is 20.2 Å². The first-order valence-corrected chi connectivity index (χ1v) is 4.04. The molecule has 2 atom stereocenters. The van der Waals surface area contributed by atoms with E-state index in [4.69, 9.17) is 5.11 Å². The van der Waals surface area contributed by atoms with Crippen LogP contribution in [-0.4, -0.2) is 17.6 Å². The number of aliphatic hydroxyl groups excluding tert-OH is 1. The van der Waals surface area contributed by atoms with Crippen LogP contribution in [0.4, 0.5) is 8.78 Å². The lowest BCUT2D eigenvalue weighted by molar-refractivity contribution is 0.00111. The van der Waals surface area contributed by atoms with Gasteiger partial charge in [-0.15, -0.1) is 0 Å². The first kappa shape index (κ1) is 8.91. The predicted molar refractivity (Wildman–Crippen MR) is 38.5 cm³/mol. The van der Waals surface area contributed by atoms with Gasteiger partial charge in [-0.1, -0.05) is 6.92 Å². The number of aliphatic hydroxyl groups is 1. The summed E-state index contributed by atoms with van der Waals surface area (Å²) in [6, 6.07) is 0. The molecule has 1 fully saturated rings. The normalized spacial score (nSPS) is 32.2. The molecule has 1 N–H and O–H groups in total. The average Bonchev–Trinajstić information content (AvgIpc) is 2.29. The van der Waals surface area contributed by atoms with Gasteiger partial charge in [-0.05, 0) is 18.3 Å². The zero-order valence-corrected chi connectivity index (χ0v) is 6.69. The van der Waals surface area contributed by atoms with Gasteiger partial charge in [0.2, 0.25) is 5.92 Å². The molecule has 0 aromatic rings. The lowest BCUT2D eigenvalue weighted by Crippen LogP contribution is -2.15. The molecule has 1 nitrogen and oxygen atoms in total. The minimum atomic E-state index is -2.46. The number of hydrogen-bond donors (Lipinski definition) is 1. The molecule has 0 aliphatic heterocycles. The van der Waals surface area contributed by atoms with E-state index >= 15 is 0 Å². The molecule has 0 aromatic carbocycles. The van der Waals surface area contributed by atoms with Crippen molar-refractivity contribution in [3.05, 3.63) is 0 Å². The average molecular weight is 164 g/mol. The summed E-state index contributed by atoms with van der Waals surface area (Å²) >= 11 is 0. The Kier molecular flexibility index (Phi) is 2.47. The fourth-order valence-electron chi connectivity index (χ4n) is 1.62. The standard InChI is InChI=1S/C8H14F2O/c1-6(5-11)7-2-3-8(9,10)4-7/h6-7,11H,2-5H2,1H3. The summed E-state index contributed by atoms with van der Waals surface area (Å²) in [7, 11) is 0. The van der Waals surface area contributed by atoms with Crippen molar-refractivity contribution in [2.75, 3.05) is 6.61 Å². The molecule has 0 heterocycles. The molecular weight excluding hydrogens is 150 g/mol. The second kappa shape index (κ2) is 3.05. The van der Waals surface area contributed by atoms with Crippen LogP contribution in [0.5, 0.6) is 0 Å². The van der Waals surface area contributed by atoms with Gasteiger partial charge in [0.25, 0.3) is 0 Å². The fourth-order valence-corrected chi connectivity index (χ4v) is 1.62. The first-order chi connectivity index (χ1) is 5.05. The van der Waals surface area contributed by atoms with E-state index in [0.717, 1.165) is 0 Å². The molecule has 0 spiro atoms. The van der Waals surface area contributed by atoms with Gasteiger partial charge in [-0.25, -0.2) is 8.78 Å². The Morgan fingerprint density at radius 1 is 1.64 bits per heavy atom. The maximum atomic E-state index is 12.6. The summed E-state index contributed by atoms with van der Waals surface area (Å²) in [5.41, 5.74) is 0. The summed E-state index contributed by atoms with van der Waals surface area (Å²) in [5, 5.41) is 8.72. The Labute approximate surface area is 65.4 Å². The maximum absolute atomic E-state index is 12.6. The Bertz CT molecular complexity index is 136. The van der Waals surface area contributed by atoms with Gasteiger partial charge in [-0.2, -0.15) is 0 Å². The van der Waals surface area contributed by atoms with E-state index in [1.807, 2.05) is 6.92 Å². The van der Waals surface area contributed by atoms with Crippen LogP contribution < -0.4 is 0 Å². The summed E-state index contributed by atoms with van der Waals surface area (Å²) in [6.45, 7) is 1.85. The minimum Gasteiger partial charge on any atom is -0.396 e. The van der Waals surface area contributed by atoms with Gasteiger partial charge in [0.05, 0.1) is 0 Å². The molecule has 1 rings (SSSR count). The lowest BCUT2D eigenvalue weighted by Gasteiger charge is -2.15. The smallest absolute Gasteiger partial charge is 0.248 e. The van der Waals surface area contributed by atoms with Crippen molar-refractivity contribution < 1.29 is 13.9 Å². The molecule has 0 saturated heterocycles. The number of halogens is 2.